The van der Waals surface area contributed by atoms with Gasteiger partial charge in [-0.1, -0.05) is 12.1 Å². The fraction of sp³-hybridized carbons (Fsp3) is 0.647. The highest BCUT2D eigenvalue weighted by molar-refractivity contribution is 7.91. The van der Waals surface area contributed by atoms with Gasteiger partial charge in [0.25, 0.3) is 0 Å². The standard InChI is InChI=1S/C17H27NO4S/c1-12-5-6-13(2)17(14(12)3)22-10-16(19)9-18(4)15-7-8-23(20,21)11-15/h5-6,15-16,19H,7-11H2,1-4H3/t15-,16-/m1/s1. The second kappa shape index (κ2) is 7.20. The Kier molecular flexibility index (Phi) is 5.70. The van der Waals surface area contributed by atoms with Crippen LogP contribution in [0.4, 0.5) is 0 Å². The largest absolute Gasteiger partial charge is 0.490 e. The number of hydrogen-bond donors (Lipinski definition) is 1. The summed E-state index contributed by atoms with van der Waals surface area (Å²) in [6.45, 7) is 6.65. The first-order chi connectivity index (χ1) is 10.7. The zero-order chi connectivity index (χ0) is 17.2. The molecule has 0 bridgehead atoms. The fourth-order valence-electron chi connectivity index (χ4n) is 2.98. The summed E-state index contributed by atoms with van der Waals surface area (Å²) in [6.07, 6.45) is -0.00898. The molecule has 0 aromatic heterocycles. The van der Waals surface area contributed by atoms with Crippen molar-refractivity contribution < 1.29 is 18.3 Å². The van der Waals surface area contributed by atoms with E-state index in [0.717, 1.165) is 22.4 Å². The summed E-state index contributed by atoms with van der Waals surface area (Å²) in [4.78, 5) is 1.93. The average Bonchev–Trinajstić information content (AvgIpc) is 2.83. The minimum Gasteiger partial charge on any atom is -0.490 e. The number of aliphatic hydroxyl groups excluding tert-OH is 1. The molecule has 6 heteroatoms. The van der Waals surface area contributed by atoms with Gasteiger partial charge in [0, 0.05) is 12.6 Å². The minimum absolute atomic E-state index is 0.00269. The Bertz CT molecular complexity index is 657. The number of rotatable bonds is 6. The van der Waals surface area contributed by atoms with Gasteiger partial charge in [-0.2, -0.15) is 0 Å². The van der Waals surface area contributed by atoms with Crippen LogP contribution in [0.3, 0.4) is 0 Å². The number of ether oxygens (including phenoxy) is 1. The number of nitrogens with zero attached hydrogens (tertiary/aromatic N) is 1. The molecular formula is C17H27NO4S. The molecule has 2 atom stereocenters. The fourth-order valence-corrected chi connectivity index (χ4v) is 4.79. The van der Waals surface area contributed by atoms with Crippen molar-refractivity contribution in [2.45, 2.75) is 39.3 Å². The lowest BCUT2D eigenvalue weighted by Gasteiger charge is -2.26. The third kappa shape index (κ3) is 4.68. The van der Waals surface area contributed by atoms with Gasteiger partial charge in [0.05, 0.1) is 11.5 Å². The second-order valence-corrected chi connectivity index (χ2v) is 8.84. The van der Waals surface area contributed by atoms with Gasteiger partial charge >= 0.3 is 0 Å². The predicted molar refractivity (Wildman–Crippen MR) is 91.8 cm³/mol. The van der Waals surface area contributed by atoms with Crippen molar-refractivity contribution in [3.63, 3.8) is 0 Å². The first kappa shape index (κ1) is 18.2. The average molecular weight is 341 g/mol. The zero-order valence-electron chi connectivity index (χ0n) is 14.4. The van der Waals surface area contributed by atoms with Crippen molar-refractivity contribution in [2.75, 3.05) is 31.7 Å². The van der Waals surface area contributed by atoms with E-state index in [4.69, 9.17) is 4.74 Å². The Morgan fingerprint density at radius 1 is 1.30 bits per heavy atom. The maximum absolute atomic E-state index is 11.5. The lowest BCUT2D eigenvalue weighted by atomic mass is 10.1. The molecule has 5 nitrogen and oxygen atoms in total. The Labute approximate surface area is 139 Å². The van der Waals surface area contributed by atoms with Crippen LogP contribution in [0.1, 0.15) is 23.1 Å². The normalized spacial score (nSPS) is 21.6. The van der Waals surface area contributed by atoms with E-state index in [1.165, 1.54) is 0 Å². The summed E-state index contributed by atoms with van der Waals surface area (Å²) in [7, 11) is -1.04. The van der Waals surface area contributed by atoms with Gasteiger partial charge in [-0.15, -0.1) is 0 Å². The van der Waals surface area contributed by atoms with Gasteiger partial charge in [-0.05, 0) is 50.9 Å². The van der Waals surface area contributed by atoms with Crippen LogP contribution in [-0.2, 0) is 9.84 Å². The summed E-state index contributed by atoms with van der Waals surface area (Å²) >= 11 is 0. The number of aliphatic hydroxyl groups is 1. The van der Waals surface area contributed by atoms with E-state index in [1.54, 1.807) is 0 Å². The topological polar surface area (TPSA) is 66.8 Å². The van der Waals surface area contributed by atoms with Crippen LogP contribution in [0.5, 0.6) is 5.75 Å². The third-order valence-corrected chi connectivity index (χ3v) is 6.37. The molecule has 0 spiro atoms. The molecule has 0 amide bonds. The highest BCUT2D eigenvalue weighted by atomic mass is 32.2. The third-order valence-electron chi connectivity index (χ3n) is 4.62. The molecule has 1 aromatic rings. The molecule has 0 unspecified atom stereocenters. The van der Waals surface area contributed by atoms with Crippen LogP contribution in [-0.4, -0.2) is 62.3 Å². The van der Waals surface area contributed by atoms with Crippen molar-refractivity contribution in [1.29, 1.82) is 0 Å². The molecule has 1 N–H and O–H groups in total. The van der Waals surface area contributed by atoms with E-state index in [0.29, 0.717) is 13.0 Å². The van der Waals surface area contributed by atoms with Gasteiger partial charge in [0.2, 0.25) is 0 Å². The van der Waals surface area contributed by atoms with Crippen molar-refractivity contribution in [2.24, 2.45) is 0 Å². The predicted octanol–water partition coefficient (Wildman–Crippen LogP) is 1.47. The molecule has 1 aliphatic heterocycles. The van der Waals surface area contributed by atoms with E-state index in [9.17, 15) is 13.5 Å². The highest BCUT2D eigenvalue weighted by Gasteiger charge is 2.31. The SMILES string of the molecule is Cc1ccc(C)c(OC[C@H](O)CN(C)[C@@H]2CCS(=O)(=O)C2)c1C. The molecule has 130 valence electrons. The molecule has 1 fully saturated rings. The van der Waals surface area contributed by atoms with Gasteiger partial charge in [-0.3, -0.25) is 4.90 Å². The lowest BCUT2D eigenvalue weighted by Crippen LogP contribution is -2.40. The van der Waals surface area contributed by atoms with Gasteiger partial charge in [0.15, 0.2) is 9.84 Å². The van der Waals surface area contributed by atoms with Crippen molar-refractivity contribution in [1.82, 2.24) is 4.90 Å². The Morgan fingerprint density at radius 2 is 1.96 bits per heavy atom. The maximum Gasteiger partial charge on any atom is 0.151 e. The molecular weight excluding hydrogens is 314 g/mol. The number of aryl methyl sites for hydroxylation is 2. The Balaban J connectivity index is 1.88. The first-order valence-corrected chi connectivity index (χ1v) is 9.80. The molecule has 0 saturated carbocycles. The van der Waals surface area contributed by atoms with Crippen molar-refractivity contribution >= 4 is 9.84 Å². The van der Waals surface area contributed by atoms with Crippen LogP contribution < -0.4 is 4.74 Å². The molecule has 0 aliphatic carbocycles. The van der Waals surface area contributed by atoms with Crippen LogP contribution in [0.25, 0.3) is 0 Å². The van der Waals surface area contributed by atoms with E-state index >= 15 is 0 Å². The van der Waals surface area contributed by atoms with Crippen LogP contribution in [0, 0.1) is 20.8 Å². The van der Waals surface area contributed by atoms with Crippen molar-refractivity contribution in [3.05, 3.63) is 28.8 Å². The van der Waals surface area contributed by atoms with Gasteiger partial charge < -0.3 is 9.84 Å². The molecule has 1 heterocycles. The molecule has 1 saturated heterocycles. The van der Waals surface area contributed by atoms with Crippen molar-refractivity contribution in [3.8, 4) is 5.75 Å². The summed E-state index contributed by atoms with van der Waals surface area (Å²) < 4.78 is 28.9. The van der Waals surface area contributed by atoms with Crippen LogP contribution >= 0.6 is 0 Å². The summed E-state index contributed by atoms with van der Waals surface area (Å²) in [5.41, 5.74) is 3.30. The van der Waals surface area contributed by atoms with Gasteiger partial charge in [0.1, 0.15) is 18.5 Å². The molecule has 0 radical (unpaired) electrons. The summed E-state index contributed by atoms with van der Waals surface area (Å²) in [5.74, 6) is 1.26. The molecule has 1 aromatic carbocycles. The number of sulfone groups is 1. The zero-order valence-corrected chi connectivity index (χ0v) is 15.2. The smallest absolute Gasteiger partial charge is 0.151 e. The quantitative estimate of drug-likeness (QED) is 0.849. The number of benzene rings is 1. The molecule has 2 rings (SSSR count). The first-order valence-electron chi connectivity index (χ1n) is 7.98. The summed E-state index contributed by atoms with van der Waals surface area (Å²) in [6, 6.07) is 4.07. The van der Waals surface area contributed by atoms with Crippen LogP contribution in [0.2, 0.25) is 0 Å². The monoisotopic (exact) mass is 341 g/mol. The van der Waals surface area contributed by atoms with E-state index in [2.05, 4.69) is 6.07 Å². The Hall–Kier alpha value is -1.11. The van der Waals surface area contributed by atoms with E-state index < -0.39 is 15.9 Å². The van der Waals surface area contributed by atoms with E-state index in [-0.39, 0.29) is 24.2 Å². The van der Waals surface area contributed by atoms with Crippen LogP contribution in [0.15, 0.2) is 12.1 Å². The Morgan fingerprint density at radius 3 is 2.57 bits per heavy atom. The summed E-state index contributed by atoms with van der Waals surface area (Å²) in [5, 5.41) is 10.2. The van der Waals surface area contributed by atoms with E-state index in [1.807, 2.05) is 38.8 Å². The number of hydrogen-bond acceptors (Lipinski definition) is 5. The lowest BCUT2D eigenvalue weighted by molar-refractivity contribution is 0.0659. The minimum atomic E-state index is -2.90. The van der Waals surface area contributed by atoms with Gasteiger partial charge in [-0.25, -0.2) is 8.42 Å². The second-order valence-electron chi connectivity index (χ2n) is 6.61. The highest BCUT2D eigenvalue weighted by Crippen LogP contribution is 2.26. The number of likely N-dealkylation sites (N-methyl/N-ethyl adjacent to an activating group) is 1. The maximum atomic E-state index is 11.5. The molecule has 1 aliphatic rings. The molecule has 23 heavy (non-hydrogen) atoms.